The number of phenols is 2. The van der Waals surface area contributed by atoms with Gasteiger partial charge < -0.3 is 19.7 Å². The second-order valence-electron chi connectivity index (χ2n) is 5.91. The summed E-state index contributed by atoms with van der Waals surface area (Å²) in [6, 6.07) is 11.8. The molecule has 0 aliphatic carbocycles. The summed E-state index contributed by atoms with van der Waals surface area (Å²) in [5.74, 6) is -0.992. The number of ether oxygens (including phenoxy) is 2. The number of benzene rings is 2. The Balaban J connectivity index is 1.71. The average Bonchev–Trinajstić information content (AvgIpc) is 3.27. The van der Waals surface area contributed by atoms with Crippen molar-refractivity contribution in [3.63, 3.8) is 0 Å². The minimum absolute atomic E-state index is 0.113. The molecule has 9 heteroatoms. The van der Waals surface area contributed by atoms with Crippen molar-refractivity contribution in [1.29, 1.82) is 0 Å². The lowest BCUT2D eigenvalue weighted by atomic mass is 10.2. The van der Waals surface area contributed by atoms with Crippen molar-refractivity contribution in [2.24, 2.45) is 5.10 Å². The molecule has 0 spiro atoms. The van der Waals surface area contributed by atoms with Crippen LogP contribution in [-0.2, 0) is 0 Å². The molecule has 0 unspecified atom stereocenters. The van der Waals surface area contributed by atoms with E-state index < -0.39 is 11.9 Å². The monoisotopic (exact) mass is 426 g/mol. The number of nitrogens with one attached hydrogen (secondary N) is 1. The number of hydrogen-bond acceptors (Lipinski definition) is 8. The zero-order valence-electron chi connectivity index (χ0n) is 15.9. The maximum atomic E-state index is 12.2. The van der Waals surface area contributed by atoms with Crippen LogP contribution in [-0.4, -0.2) is 34.9 Å². The SMILES string of the molecule is CCOc1cc(/C=N/NC(=O)c2cc(O)ccc2O)ccc1OC(=O)c1cccs1. The molecule has 0 aliphatic rings. The van der Waals surface area contributed by atoms with Crippen LogP contribution in [0.4, 0.5) is 0 Å². The topological polar surface area (TPSA) is 117 Å². The van der Waals surface area contributed by atoms with E-state index in [-0.39, 0.29) is 22.8 Å². The Morgan fingerprint density at radius 2 is 1.97 bits per heavy atom. The highest BCUT2D eigenvalue weighted by Crippen LogP contribution is 2.29. The first-order chi connectivity index (χ1) is 14.5. The number of phenolic OH excluding ortho intramolecular Hbond substituents is 2. The van der Waals surface area contributed by atoms with Gasteiger partial charge in [0.1, 0.15) is 16.4 Å². The first kappa shape index (κ1) is 20.9. The fourth-order valence-corrected chi connectivity index (χ4v) is 3.03. The lowest BCUT2D eigenvalue weighted by molar-refractivity contribution is 0.0733. The first-order valence-corrected chi connectivity index (χ1v) is 9.73. The molecule has 3 rings (SSSR count). The highest BCUT2D eigenvalue weighted by atomic mass is 32.1. The Hall–Kier alpha value is -3.85. The molecule has 1 heterocycles. The number of hydrazone groups is 1. The summed E-state index contributed by atoms with van der Waals surface area (Å²) in [5, 5.41) is 24.8. The Morgan fingerprint density at radius 3 is 2.70 bits per heavy atom. The molecule has 3 N–H and O–H groups in total. The zero-order valence-corrected chi connectivity index (χ0v) is 16.7. The van der Waals surface area contributed by atoms with Crippen molar-refractivity contribution in [3.05, 3.63) is 69.9 Å². The molecular weight excluding hydrogens is 408 g/mol. The molecule has 8 nitrogen and oxygen atoms in total. The quantitative estimate of drug-likeness (QED) is 0.175. The second-order valence-corrected chi connectivity index (χ2v) is 6.85. The predicted octanol–water partition coefficient (Wildman–Crippen LogP) is 3.54. The largest absolute Gasteiger partial charge is 0.508 e. The summed E-state index contributed by atoms with van der Waals surface area (Å²) >= 11 is 1.28. The summed E-state index contributed by atoms with van der Waals surface area (Å²) in [4.78, 5) is 24.7. The van der Waals surface area contributed by atoms with Gasteiger partial charge in [0.2, 0.25) is 0 Å². The fraction of sp³-hybridized carbons (Fsp3) is 0.0952. The maximum Gasteiger partial charge on any atom is 0.353 e. The van der Waals surface area contributed by atoms with Gasteiger partial charge in [-0.3, -0.25) is 4.79 Å². The van der Waals surface area contributed by atoms with Crippen LogP contribution in [0.3, 0.4) is 0 Å². The van der Waals surface area contributed by atoms with Crippen LogP contribution in [0.5, 0.6) is 23.0 Å². The second kappa shape index (κ2) is 9.57. The van der Waals surface area contributed by atoms with Gasteiger partial charge in [-0.2, -0.15) is 5.10 Å². The number of hydrogen-bond donors (Lipinski definition) is 3. The van der Waals surface area contributed by atoms with Crippen molar-refractivity contribution in [2.45, 2.75) is 6.92 Å². The van der Waals surface area contributed by atoms with E-state index in [1.807, 2.05) is 0 Å². The standard InChI is InChI=1S/C21H18N2O6S/c1-2-28-18-10-13(5-8-17(18)29-21(27)19-4-3-9-30-19)12-22-23-20(26)15-11-14(24)6-7-16(15)25/h3-12,24-25H,2H2,1H3,(H,23,26)/b22-12+. The van der Waals surface area contributed by atoms with Crippen molar-refractivity contribution >= 4 is 29.4 Å². The third kappa shape index (κ3) is 5.15. The molecular formula is C21H18N2O6S. The van der Waals surface area contributed by atoms with Gasteiger partial charge in [-0.05, 0) is 60.3 Å². The number of nitrogens with zero attached hydrogens (tertiary/aromatic N) is 1. The van der Waals surface area contributed by atoms with Crippen molar-refractivity contribution in [3.8, 4) is 23.0 Å². The highest BCUT2D eigenvalue weighted by Gasteiger charge is 2.14. The molecule has 0 saturated carbocycles. The number of amides is 1. The number of esters is 1. The lowest BCUT2D eigenvalue weighted by Crippen LogP contribution is -2.17. The molecule has 0 bridgehead atoms. The molecule has 3 aromatic rings. The van der Waals surface area contributed by atoms with E-state index in [0.29, 0.717) is 22.8 Å². The van der Waals surface area contributed by atoms with Crippen LogP contribution in [0.25, 0.3) is 0 Å². The van der Waals surface area contributed by atoms with Gasteiger partial charge in [0.25, 0.3) is 5.91 Å². The Morgan fingerprint density at radius 1 is 1.13 bits per heavy atom. The van der Waals surface area contributed by atoms with Crippen molar-refractivity contribution in [1.82, 2.24) is 5.43 Å². The smallest absolute Gasteiger partial charge is 0.353 e. The molecule has 30 heavy (non-hydrogen) atoms. The van der Waals surface area contributed by atoms with Crippen LogP contribution in [0.1, 0.15) is 32.5 Å². The lowest BCUT2D eigenvalue weighted by Gasteiger charge is -2.10. The van der Waals surface area contributed by atoms with E-state index in [1.54, 1.807) is 42.6 Å². The van der Waals surface area contributed by atoms with Gasteiger partial charge in [0.05, 0.1) is 18.4 Å². The summed E-state index contributed by atoms with van der Waals surface area (Å²) in [6.07, 6.45) is 1.37. The van der Waals surface area contributed by atoms with E-state index in [0.717, 1.165) is 6.07 Å². The van der Waals surface area contributed by atoms with Gasteiger partial charge in [0, 0.05) is 0 Å². The van der Waals surface area contributed by atoms with Crippen LogP contribution < -0.4 is 14.9 Å². The predicted molar refractivity (Wildman–Crippen MR) is 112 cm³/mol. The summed E-state index contributed by atoms with van der Waals surface area (Å²) in [7, 11) is 0. The van der Waals surface area contributed by atoms with Gasteiger partial charge in [-0.15, -0.1) is 11.3 Å². The Bertz CT molecular complexity index is 1080. The molecule has 0 saturated heterocycles. The molecule has 0 radical (unpaired) electrons. The van der Waals surface area contributed by atoms with Crippen LogP contribution >= 0.6 is 11.3 Å². The third-order valence-electron chi connectivity index (χ3n) is 3.80. The van der Waals surface area contributed by atoms with E-state index in [1.165, 1.54) is 29.7 Å². The molecule has 154 valence electrons. The average molecular weight is 426 g/mol. The van der Waals surface area contributed by atoms with Crippen LogP contribution in [0.2, 0.25) is 0 Å². The van der Waals surface area contributed by atoms with E-state index in [9.17, 15) is 19.8 Å². The number of rotatable bonds is 7. The molecule has 0 fully saturated rings. The number of carbonyl (C=O) groups is 2. The highest BCUT2D eigenvalue weighted by molar-refractivity contribution is 7.12. The van der Waals surface area contributed by atoms with Gasteiger partial charge in [-0.25, -0.2) is 10.2 Å². The summed E-state index contributed by atoms with van der Waals surface area (Å²) < 4.78 is 10.9. The molecule has 0 atom stereocenters. The van der Waals surface area contributed by atoms with Crippen molar-refractivity contribution in [2.75, 3.05) is 6.61 Å². The van der Waals surface area contributed by atoms with Crippen molar-refractivity contribution < 1.29 is 29.3 Å². The number of carbonyl (C=O) groups excluding carboxylic acids is 2. The van der Waals surface area contributed by atoms with Gasteiger partial charge in [0.15, 0.2) is 11.5 Å². The first-order valence-electron chi connectivity index (χ1n) is 8.86. The summed E-state index contributed by atoms with van der Waals surface area (Å²) in [5.41, 5.74) is 2.73. The minimum Gasteiger partial charge on any atom is -0.508 e. The third-order valence-corrected chi connectivity index (χ3v) is 4.65. The molecule has 1 amide bonds. The molecule has 0 aliphatic heterocycles. The van der Waals surface area contributed by atoms with E-state index in [2.05, 4.69) is 10.5 Å². The van der Waals surface area contributed by atoms with E-state index in [4.69, 9.17) is 9.47 Å². The number of aromatic hydroxyl groups is 2. The van der Waals surface area contributed by atoms with Gasteiger partial charge >= 0.3 is 5.97 Å². The maximum absolute atomic E-state index is 12.2. The Labute approximate surface area is 176 Å². The number of thiophene rings is 1. The van der Waals surface area contributed by atoms with Crippen LogP contribution in [0, 0.1) is 0 Å². The van der Waals surface area contributed by atoms with Gasteiger partial charge in [-0.1, -0.05) is 6.07 Å². The molecule has 2 aromatic carbocycles. The fourth-order valence-electron chi connectivity index (χ4n) is 2.43. The normalized spacial score (nSPS) is 10.7. The molecule has 1 aromatic heterocycles. The zero-order chi connectivity index (χ0) is 21.5. The van der Waals surface area contributed by atoms with Crippen LogP contribution in [0.15, 0.2) is 59.0 Å². The van der Waals surface area contributed by atoms with E-state index >= 15 is 0 Å². The summed E-state index contributed by atoms with van der Waals surface area (Å²) in [6.45, 7) is 2.16. The minimum atomic E-state index is -0.689. The Kier molecular flexibility index (Phi) is 6.66.